The third kappa shape index (κ3) is 5.42. The Hall–Kier alpha value is -2.04. The predicted molar refractivity (Wildman–Crippen MR) is 74.3 cm³/mol. The molecule has 19 heavy (non-hydrogen) atoms. The number of nitrogens with one attached hydrogen (secondary N) is 1. The van der Waals surface area contributed by atoms with Gasteiger partial charge in [-0.2, -0.15) is 0 Å². The van der Waals surface area contributed by atoms with Crippen molar-refractivity contribution in [3.63, 3.8) is 0 Å². The number of nitrogens with zero attached hydrogens (tertiary/aromatic N) is 1. The van der Waals surface area contributed by atoms with E-state index in [9.17, 15) is 9.59 Å². The van der Waals surface area contributed by atoms with Gasteiger partial charge in [-0.25, -0.2) is 0 Å². The van der Waals surface area contributed by atoms with E-state index in [2.05, 4.69) is 5.32 Å². The quantitative estimate of drug-likeness (QED) is 0.781. The van der Waals surface area contributed by atoms with Crippen LogP contribution < -0.4 is 10.2 Å². The molecule has 0 saturated carbocycles. The maximum atomic E-state index is 11.6. The molecule has 0 fully saturated rings. The fourth-order valence-electron chi connectivity index (χ4n) is 1.71. The normalized spacial score (nSPS) is 10.0. The second-order valence-electron chi connectivity index (χ2n) is 4.35. The first-order valence-corrected chi connectivity index (χ1v) is 6.33. The number of carbonyl (C=O) groups is 2. The number of amides is 1. The molecule has 1 aromatic rings. The molecule has 5 nitrogen and oxygen atoms in total. The summed E-state index contributed by atoms with van der Waals surface area (Å²) in [4.78, 5) is 24.1. The summed E-state index contributed by atoms with van der Waals surface area (Å²) in [5.41, 5.74) is 1.98. The van der Waals surface area contributed by atoms with Crippen molar-refractivity contribution in [2.24, 2.45) is 0 Å². The summed E-state index contributed by atoms with van der Waals surface area (Å²) in [6.45, 7) is 4.89. The zero-order chi connectivity index (χ0) is 14.3. The summed E-state index contributed by atoms with van der Waals surface area (Å²) < 4.78 is 0. The van der Waals surface area contributed by atoms with E-state index >= 15 is 0 Å². The first kappa shape index (κ1) is 15.0. The fourth-order valence-corrected chi connectivity index (χ4v) is 1.71. The molecular formula is C14H20N2O3. The number of rotatable bonds is 7. The number of likely N-dealkylation sites (N-methyl/N-ethyl adjacent to an activating group) is 1. The van der Waals surface area contributed by atoms with E-state index in [0.717, 1.165) is 11.3 Å². The van der Waals surface area contributed by atoms with E-state index in [1.807, 2.05) is 38.1 Å². The molecule has 0 bridgehead atoms. The van der Waals surface area contributed by atoms with Gasteiger partial charge in [-0.15, -0.1) is 0 Å². The summed E-state index contributed by atoms with van der Waals surface area (Å²) in [6, 6.07) is 7.69. The first-order chi connectivity index (χ1) is 9.02. The van der Waals surface area contributed by atoms with Gasteiger partial charge in [0.15, 0.2) is 0 Å². The average molecular weight is 264 g/mol. The Kier molecular flexibility index (Phi) is 5.85. The van der Waals surface area contributed by atoms with Crippen LogP contribution in [-0.2, 0) is 9.59 Å². The zero-order valence-electron chi connectivity index (χ0n) is 11.3. The summed E-state index contributed by atoms with van der Waals surface area (Å²) in [7, 11) is 0. The molecule has 0 aliphatic carbocycles. The van der Waals surface area contributed by atoms with Crippen LogP contribution in [0.3, 0.4) is 0 Å². The van der Waals surface area contributed by atoms with Gasteiger partial charge in [0, 0.05) is 18.8 Å². The van der Waals surface area contributed by atoms with Crippen LogP contribution in [0.2, 0.25) is 0 Å². The third-order valence-electron chi connectivity index (χ3n) is 2.70. The van der Waals surface area contributed by atoms with Crippen LogP contribution in [0.15, 0.2) is 24.3 Å². The predicted octanol–water partition coefficient (Wildman–Crippen LogP) is 1.41. The molecule has 0 unspecified atom stereocenters. The van der Waals surface area contributed by atoms with Crippen molar-refractivity contribution in [1.29, 1.82) is 0 Å². The van der Waals surface area contributed by atoms with E-state index in [-0.39, 0.29) is 18.9 Å². The van der Waals surface area contributed by atoms with Crippen molar-refractivity contribution in [2.45, 2.75) is 20.3 Å². The van der Waals surface area contributed by atoms with Gasteiger partial charge in [0.1, 0.15) is 0 Å². The highest BCUT2D eigenvalue weighted by Gasteiger charge is 2.12. The summed E-state index contributed by atoms with van der Waals surface area (Å²) in [5, 5.41) is 11.5. The zero-order valence-corrected chi connectivity index (χ0v) is 11.3. The lowest BCUT2D eigenvalue weighted by atomic mass is 10.2. The molecule has 5 heteroatoms. The first-order valence-electron chi connectivity index (χ1n) is 6.33. The highest BCUT2D eigenvalue weighted by Crippen LogP contribution is 2.15. The largest absolute Gasteiger partial charge is 0.481 e. The lowest BCUT2D eigenvalue weighted by molar-refractivity contribution is -0.136. The minimum Gasteiger partial charge on any atom is -0.481 e. The average Bonchev–Trinajstić information content (AvgIpc) is 2.35. The van der Waals surface area contributed by atoms with Gasteiger partial charge in [0.05, 0.1) is 13.0 Å². The number of carboxylic acids is 1. The standard InChI is InChI=1S/C14H20N2O3/c1-3-15-13(17)10-16(9-8-14(18)19)12-6-4-11(2)5-7-12/h4-7H,3,8-10H2,1-2H3,(H,15,17)(H,18,19). The maximum Gasteiger partial charge on any atom is 0.305 e. The Morgan fingerprint density at radius 3 is 2.42 bits per heavy atom. The Balaban J connectivity index is 2.75. The molecule has 2 N–H and O–H groups in total. The molecule has 0 saturated heterocycles. The van der Waals surface area contributed by atoms with E-state index in [1.165, 1.54) is 0 Å². The molecule has 0 heterocycles. The molecule has 0 aromatic heterocycles. The van der Waals surface area contributed by atoms with Gasteiger partial charge < -0.3 is 15.3 Å². The molecule has 104 valence electrons. The van der Waals surface area contributed by atoms with Gasteiger partial charge in [0.25, 0.3) is 0 Å². The van der Waals surface area contributed by atoms with E-state index in [0.29, 0.717) is 13.1 Å². The van der Waals surface area contributed by atoms with Crippen LogP contribution in [0.4, 0.5) is 5.69 Å². The van der Waals surface area contributed by atoms with Crippen LogP contribution in [0, 0.1) is 6.92 Å². The molecule has 1 amide bonds. The number of benzene rings is 1. The van der Waals surface area contributed by atoms with E-state index in [1.54, 1.807) is 4.90 Å². The molecule has 1 aromatic carbocycles. The van der Waals surface area contributed by atoms with Crippen LogP contribution in [0.1, 0.15) is 18.9 Å². The van der Waals surface area contributed by atoms with Crippen molar-refractivity contribution < 1.29 is 14.7 Å². The topological polar surface area (TPSA) is 69.6 Å². The summed E-state index contributed by atoms with van der Waals surface area (Å²) in [6.07, 6.45) is 0.00722. The Morgan fingerprint density at radius 1 is 1.26 bits per heavy atom. The van der Waals surface area contributed by atoms with Gasteiger partial charge in [-0.3, -0.25) is 9.59 Å². The Bertz CT molecular complexity index is 429. The van der Waals surface area contributed by atoms with Crippen LogP contribution in [0.25, 0.3) is 0 Å². The molecule has 0 radical (unpaired) electrons. The second-order valence-corrected chi connectivity index (χ2v) is 4.35. The number of aliphatic carboxylic acids is 1. The number of aryl methyl sites for hydroxylation is 1. The lowest BCUT2D eigenvalue weighted by Gasteiger charge is -2.23. The van der Waals surface area contributed by atoms with Gasteiger partial charge in [0.2, 0.25) is 5.91 Å². The smallest absolute Gasteiger partial charge is 0.305 e. The number of anilines is 1. The van der Waals surface area contributed by atoms with Crippen molar-refractivity contribution in [2.75, 3.05) is 24.5 Å². The third-order valence-corrected chi connectivity index (χ3v) is 2.70. The summed E-state index contributed by atoms with van der Waals surface area (Å²) in [5.74, 6) is -0.971. The minimum atomic E-state index is -0.868. The fraction of sp³-hybridized carbons (Fsp3) is 0.429. The SMILES string of the molecule is CCNC(=O)CN(CCC(=O)O)c1ccc(C)cc1. The highest BCUT2D eigenvalue weighted by molar-refractivity contribution is 5.81. The molecule has 0 aliphatic heterocycles. The van der Waals surface area contributed by atoms with Gasteiger partial charge in [-0.1, -0.05) is 17.7 Å². The molecule has 1 rings (SSSR count). The van der Waals surface area contributed by atoms with Crippen molar-refractivity contribution in [1.82, 2.24) is 5.32 Å². The molecular weight excluding hydrogens is 244 g/mol. The molecule has 0 atom stereocenters. The Labute approximate surface area is 113 Å². The van der Waals surface area contributed by atoms with Crippen molar-refractivity contribution in [3.05, 3.63) is 29.8 Å². The Morgan fingerprint density at radius 2 is 1.89 bits per heavy atom. The highest BCUT2D eigenvalue weighted by atomic mass is 16.4. The molecule has 0 spiro atoms. The lowest BCUT2D eigenvalue weighted by Crippen LogP contribution is -2.38. The monoisotopic (exact) mass is 264 g/mol. The molecule has 0 aliphatic rings. The van der Waals surface area contributed by atoms with Gasteiger partial charge in [-0.05, 0) is 26.0 Å². The van der Waals surface area contributed by atoms with E-state index in [4.69, 9.17) is 5.11 Å². The number of hydrogen-bond acceptors (Lipinski definition) is 3. The van der Waals surface area contributed by atoms with Crippen LogP contribution in [0.5, 0.6) is 0 Å². The summed E-state index contributed by atoms with van der Waals surface area (Å²) >= 11 is 0. The van der Waals surface area contributed by atoms with Crippen molar-refractivity contribution >= 4 is 17.6 Å². The number of carbonyl (C=O) groups excluding carboxylic acids is 1. The minimum absolute atomic E-state index is 0.00722. The second kappa shape index (κ2) is 7.41. The van der Waals surface area contributed by atoms with E-state index < -0.39 is 5.97 Å². The maximum absolute atomic E-state index is 11.6. The number of hydrogen-bond donors (Lipinski definition) is 2. The van der Waals surface area contributed by atoms with Crippen molar-refractivity contribution in [3.8, 4) is 0 Å². The number of carboxylic acid groups (broad SMARTS) is 1. The van der Waals surface area contributed by atoms with Crippen LogP contribution in [-0.4, -0.2) is 36.6 Å². The van der Waals surface area contributed by atoms with Gasteiger partial charge >= 0.3 is 5.97 Å². The van der Waals surface area contributed by atoms with Crippen LogP contribution >= 0.6 is 0 Å².